The first-order valence-electron chi connectivity index (χ1n) is 6.37. The van der Waals surface area contributed by atoms with Gasteiger partial charge in [0.05, 0.1) is 0 Å². The molecule has 2 aliphatic rings. The number of hydrogen-bond donors (Lipinski definition) is 0. The molecule has 0 N–H and O–H groups in total. The smallest absolute Gasteiger partial charge is 0.359 e. The molecular weight excluding hydrogens is 307 g/mol. The molecule has 2 aliphatic carbocycles. The molecule has 0 radical (unpaired) electrons. The van der Waals surface area contributed by atoms with Crippen LogP contribution in [0.1, 0.15) is 37.1 Å². The highest BCUT2D eigenvalue weighted by Gasteiger charge is 2.61. The van der Waals surface area contributed by atoms with E-state index in [1.807, 2.05) is 0 Å². The lowest BCUT2D eigenvalue weighted by Gasteiger charge is -2.35. The number of rotatable bonds is 1. The van der Waals surface area contributed by atoms with E-state index in [2.05, 4.69) is 9.79 Å². The normalized spacial score (nSPS) is 27.5. The van der Waals surface area contributed by atoms with Gasteiger partial charge in [-0.25, -0.2) is 0 Å². The Balaban J connectivity index is 2.32. The molecule has 7 nitrogen and oxygen atoms in total. The van der Waals surface area contributed by atoms with Crippen LogP contribution in [0.25, 0.3) is 5.57 Å². The van der Waals surface area contributed by atoms with Crippen molar-refractivity contribution in [3.8, 4) is 0 Å². The van der Waals surface area contributed by atoms with Crippen LogP contribution in [0.15, 0.2) is 22.4 Å². The van der Waals surface area contributed by atoms with Crippen LogP contribution in [0.2, 0.25) is 0 Å². The van der Waals surface area contributed by atoms with E-state index in [4.69, 9.17) is 0 Å². The Bertz CT molecular complexity index is 722. The van der Waals surface area contributed by atoms with Crippen molar-refractivity contribution in [2.45, 2.75) is 37.4 Å². The second-order valence-electron chi connectivity index (χ2n) is 5.48. The van der Waals surface area contributed by atoms with Gasteiger partial charge >= 0.3 is 6.18 Å². The van der Waals surface area contributed by atoms with Crippen LogP contribution >= 0.6 is 0 Å². The Kier molecular flexibility index (Phi) is 2.85. The van der Waals surface area contributed by atoms with Gasteiger partial charge in [-0.15, -0.1) is 0 Å². The summed E-state index contributed by atoms with van der Waals surface area (Å²) in [6, 6.07) is 0. The summed E-state index contributed by atoms with van der Waals surface area (Å²) in [6.45, 7) is 1.70. The van der Waals surface area contributed by atoms with E-state index in [0.717, 1.165) is 5.57 Å². The second kappa shape index (κ2) is 4.31. The molecule has 22 heavy (non-hydrogen) atoms. The van der Waals surface area contributed by atoms with Gasteiger partial charge in [0, 0.05) is 22.6 Å². The third-order valence-corrected chi connectivity index (χ3v) is 4.18. The van der Waals surface area contributed by atoms with Gasteiger partial charge in [0.25, 0.3) is 11.2 Å². The minimum atomic E-state index is -4.87. The molecule has 0 spiro atoms. The lowest BCUT2D eigenvalue weighted by atomic mass is 9.68. The summed E-state index contributed by atoms with van der Waals surface area (Å²) in [5, 5.41) is 26.4. The van der Waals surface area contributed by atoms with Gasteiger partial charge in [-0.2, -0.15) is 13.2 Å². The minimum Gasteiger partial charge on any atom is -0.359 e. The molecule has 0 saturated heterocycles. The summed E-state index contributed by atoms with van der Waals surface area (Å²) in [4.78, 5) is 10.6. The third-order valence-electron chi connectivity index (χ3n) is 4.18. The molecule has 3 rings (SSSR count). The van der Waals surface area contributed by atoms with Crippen molar-refractivity contribution in [2.24, 2.45) is 0 Å². The standard InChI is InChI=1S/C12H10F3N3O4/c1-6-2-3-11(18(20)21)5-8(12(13,14)15)9-10(7(11)4-6)17(19)22-16-9/h2,5,7H,3-4H2,1H3/t7-,11-/m1/s1. The van der Waals surface area contributed by atoms with Crippen molar-refractivity contribution in [1.82, 2.24) is 5.16 Å². The highest BCUT2D eigenvalue weighted by molar-refractivity contribution is 5.72. The SMILES string of the molecule is CC1=CC[C@@]2([N+](=O)[O-])C=C(C(F)(F)F)c3no[n+]([O-])c3[C@H]2C1. The first-order chi connectivity index (χ1) is 10.2. The third kappa shape index (κ3) is 1.82. The summed E-state index contributed by atoms with van der Waals surface area (Å²) in [5.74, 6) is -1.04. The molecule has 0 aromatic carbocycles. The predicted octanol–water partition coefficient (Wildman–Crippen LogP) is 2.11. The molecule has 0 bridgehead atoms. The number of nitrogens with zero attached hydrogens (tertiary/aromatic N) is 3. The summed E-state index contributed by atoms with van der Waals surface area (Å²) in [5.41, 5.74) is -3.66. The molecule has 0 aliphatic heterocycles. The highest BCUT2D eigenvalue weighted by Crippen LogP contribution is 2.51. The fourth-order valence-corrected chi connectivity index (χ4v) is 3.08. The molecule has 0 amide bonds. The van der Waals surface area contributed by atoms with Crippen LogP contribution < -0.4 is 4.90 Å². The van der Waals surface area contributed by atoms with E-state index in [0.29, 0.717) is 6.08 Å². The van der Waals surface area contributed by atoms with E-state index >= 15 is 0 Å². The lowest BCUT2D eigenvalue weighted by molar-refractivity contribution is -0.810. The number of hydrogen-bond acceptors (Lipinski definition) is 5. The van der Waals surface area contributed by atoms with Crippen molar-refractivity contribution in [2.75, 3.05) is 0 Å². The van der Waals surface area contributed by atoms with Crippen molar-refractivity contribution in [3.63, 3.8) is 0 Å². The van der Waals surface area contributed by atoms with Crippen molar-refractivity contribution >= 4 is 5.57 Å². The maximum absolute atomic E-state index is 13.2. The zero-order valence-corrected chi connectivity index (χ0v) is 11.3. The lowest BCUT2D eigenvalue weighted by Crippen LogP contribution is -2.50. The Morgan fingerprint density at radius 3 is 2.82 bits per heavy atom. The molecule has 0 unspecified atom stereocenters. The summed E-state index contributed by atoms with van der Waals surface area (Å²) < 4.78 is 43.9. The molecule has 10 heteroatoms. The number of halogens is 3. The number of nitro groups is 1. The van der Waals surface area contributed by atoms with E-state index < -0.39 is 39.5 Å². The molecule has 118 valence electrons. The highest BCUT2D eigenvalue weighted by atomic mass is 19.4. The van der Waals surface area contributed by atoms with E-state index in [-0.39, 0.29) is 17.7 Å². The van der Waals surface area contributed by atoms with Crippen molar-refractivity contribution < 1.29 is 27.6 Å². The van der Waals surface area contributed by atoms with Crippen molar-refractivity contribution in [1.29, 1.82) is 0 Å². The fraction of sp³-hybridized carbons (Fsp3) is 0.500. The largest absolute Gasteiger partial charge is 0.420 e. The first kappa shape index (κ1) is 14.5. The topological polar surface area (TPSA) is 96.1 Å². The number of fused-ring (bicyclic) bond motifs is 3. The first-order valence-corrected chi connectivity index (χ1v) is 6.37. The van der Waals surface area contributed by atoms with Gasteiger partial charge < -0.3 is 5.21 Å². The number of aromatic nitrogens is 2. The summed E-state index contributed by atoms with van der Waals surface area (Å²) >= 11 is 0. The molecule has 1 heterocycles. The van der Waals surface area contributed by atoms with Crippen LogP contribution in [0.5, 0.6) is 0 Å². The van der Waals surface area contributed by atoms with Crippen LogP contribution in [-0.2, 0) is 0 Å². The van der Waals surface area contributed by atoms with Gasteiger partial charge in [-0.1, -0.05) is 11.6 Å². The van der Waals surface area contributed by atoms with E-state index in [1.165, 1.54) is 6.08 Å². The fourth-order valence-electron chi connectivity index (χ4n) is 3.08. The Hall–Kier alpha value is -2.39. The molecule has 1 aromatic heterocycles. The van der Waals surface area contributed by atoms with E-state index in [9.17, 15) is 28.5 Å². The van der Waals surface area contributed by atoms with Crippen LogP contribution in [0, 0.1) is 15.3 Å². The molecule has 0 fully saturated rings. The van der Waals surface area contributed by atoms with Gasteiger partial charge in [0.1, 0.15) is 11.5 Å². The van der Waals surface area contributed by atoms with Gasteiger partial charge in [0.15, 0.2) is 0 Å². The quantitative estimate of drug-likeness (QED) is 0.342. The van der Waals surface area contributed by atoms with Crippen LogP contribution in [-0.4, -0.2) is 21.8 Å². The second-order valence-corrected chi connectivity index (χ2v) is 5.48. The zero-order chi connectivity index (χ0) is 16.3. The Morgan fingerprint density at radius 2 is 2.23 bits per heavy atom. The molecule has 1 aromatic rings. The maximum atomic E-state index is 13.2. The van der Waals surface area contributed by atoms with E-state index in [1.54, 1.807) is 6.92 Å². The average molecular weight is 317 g/mol. The molecule has 2 atom stereocenters. The van der Waals surface area contributed by atoms with Crippen LogP contribution in [0.4, 0.5) is 13.2 Å². The summed E-state index contributed by atoms with van der Waals surface area (Å²) in [7, 11) is 0. The monoisotopic (exact) mass is 317 g/mol. The maximum Gasteiger partial charge on any atom is 0.420 e. The number of allylic oxidation sites excluding steroid dienone is 2. The Morgan fingerprint density at radius 1 is 1.55 bits per heavy atom. The average Bonchev–Trinajstić information content (AvgIpc) is 2.79. The zero-order valence-electron chi connectivity index (χ0n) is 11.3. The van der Waals surface area contributed by atoms with Gasteiger partial charge in [-0.05, 0) is 18.2 Å². The predicted molar refractivity (Wildman–Crippen MR) is 65.0 cm³/mol. The van der Waals surface area contributed by atoms with Gasteiger partial charge in [-0.3, -0.25) is 14.7 Å². The van der Waals surface area contributed by atoms with Crippen molar-refractivity contribution in [3.05, 3.63) is 44.4 Å². The Labute approximate surface area is 121 Å². The summed E-state index contributed by atoms with van der Waals surface area (Å²) in [6.07, 6.45) is -2.90. The van der Waals surface area contributed by atoms with Gasteiger partial charge in [0.2, 0.25) is 5.69 Å². The molecule has 0 saturated carbocycles. The molecular formula is C12H10F3N3O4. The number of alkyl halides is 3. The van der Waals surface area contributed by atoms with Crippen LogP contribution in [0.3, 0.4) is 0 Å². The minimum absolute atomic E-state index is 0.0963.